The maximum absolute atomic E-state index is 4.09. The van der Waals surface area contributed by atoms with Crippen molar-refractivity contribution in [2.24, 2.45) is 40.4 Å². The van der Waals surface area contributed by atoms with Gasteiger partial charge in [-0.3, -0.25) is 0 Å². The van der Waals surface area contributed by atoms with Crippen LogP contribution in [0, 0.1) is 40.4 Å². The van der Waals surface area contributed by atoms with E-state index in [9.17, 15) is 0 Å². The third-order valence-electron chi connectivity index (χ3n) is 9.77. The summed E-state index contributed by atoms with van der Waals surface area (Å²) in [5.74, 6) is 4.85. The normalized spacial score (nSPS) is 57.3. The highest BCUT2D eigenvalue weighted by atomic mass is 15.0. The summed E-state index contributed by atoms with van der Waals surface area (Å²) in [5.41, 5.74) is 1.02. The third-order valence-corrected chi connectivity index (χ3v) is 9.77. The zero-order valence-electron chi connectivity index (χ0n) is 15.4. The number of rotatable bonds is 1. The molecule has 0 aromatic carbocycles. The molecular weight excluding hydrogens is 280 g/mol. The quantitative estimate of drug-likeness (QED) is 0.768. The van der Waals surface area contributed by atoms with E-state index < -0.39 is 0 Å². The molecule has 0 amide bonds. The lowest BCUT2D eigenvalue weighted by atomic mass is 9.54. The summed E-state index contributed by atoms with van der Waals surface area (Å²) in [5, 5.41) is 8.14. The van der Waals surface area contributed by atoms with Crippen LogP contribution < -0.4 is 10.6 Å². The van der Waals surface area contributed by atoms with E-state index in [2.05, 4.69) is 31.4 Å². The van der Waals surface area contributed by atoms with Gasteiger partial charge in [-0.25, -0.2) is 0 Å². The van der Waals surface area contributed by atoms with E-state index in [4.69, 9.17) is 0 Å². The molecule has 3 aliphatic carbocycles. The molecule has 2 saturated heterocycles. The summed E-state index contributed by atoms with van der Waals surface area (Å²) in [4.78, 5) is 0. The first kappa shape index (κ1) is 15.2. The average molecular weight is 317 g/mol. The highest BCUT2D eigenvalue weighted by molar-refractivity contribution is 5.14. The summed E-state index contributed by atoms with van der Waals surface area (Å²) in [6, 6.07) is 1.54. The highest BCUT2D eigenvalue weighted by Gasteiger charge is 2.61. The van der Waals surface area contributed by atoms with E-state index >= 15 is 0 Å². The van der Waals surface area contributed by atoms with Gasteiger partial charge in [0.15, 0.2) is 0 Å². The van der Waals surface area contributed by atoms with Gasteiger partial charge < -0.3 is 10.6 Å². The monoisotopic (exact) mass is 316 g/mol. The standard InChI is InChI=1S/C21H36N2/c1-20(2)16-6-7-21(20,3)19(23-12-16)17-9-14-5-4-13-8-15(14)10-18(17)22-11-13/h13-19,22-23H,4-12H2,1-3H3. The number of piperidine rings is 1. The molecular formula is C21H36N2. The van der Waals surface area contributed by atoms with Crippen molar-refractivity contribution in [3.05, 3.63) is 0 Å². The Morgan fingerprint density at radius 3 is 2.57 bits per heavy atom. The van der Waals surface area contributed by atoms with Crippen LogP contribution in [0.15, 0.2) is 0 Å². The summed E-state index contributed by atoms with van der Waals surface area (Å²) < 4.78 is 0. The zero-order valence-corrected chi connectivity index (χ0v) is 15.4. The second kappa shape index (κ2) is 4.97. The van der Waals surface area contributed by atoms with Gasteiger partial charge in [0, 0.05) is 12.1 Å². The molecule has 5 bridgehead atoms. The maximum Gasteiger partial charge on any atom is 0.0169 e. The lowest BCUT2D eigenvalue weighted by Gasteiger charge is -2.57. The molecule has 3 saturated carbocycles. The Morgan fingerprint density at radius 2 is 1.70 bits per heavy atom. The fourth-order valence-corrected chi connectivity index (χ4v) is 7.80. The fraction of sp³-hybridized carbons (Fsp3) is 1.00. The van der Waals surface area contributed by atoms with E-state index in [0.717, 1.165) is 41.7 Å². The number of fused-ring (bicyclic) bond motifs is 4. The van der Waals surface area contributed by atoms with E-state index in [1.165, 1.54) is 58.0 Å². The van der Waals surface area contributed by atoms with Crippen molar-refractivity contribution in [1.29, 1.82) is 0 Å². The van der Waals surface area contributed by atoms with Crippen LogP contribution in [0.2, 0.25) is 0 Å². The van der Waals surface area contributed by atoms with Gasteiger partial charge in [-0.1, -0.05) is 20.8 Å². The van der Waals surface area contributed by atoms with Crippen LogP contribution in [0.5, 0.6) is 0 Å². The molecule has 23 heavy (non-hydrogen) atoms. The van der Waals surface area contributed by atoms with Crippen molar-refractivity contribution in [3.63, 3.8) is 0 Å². The Labute approximate surface area is 142 Å². The lowest BCUT2D eigenvalue weighted by molar-refractivity contribution is -0.0395. The average Bonchev–Trinajstić information content (AvgIpc) is 2.66. The van der Waals surface area contributed by atoms with Crippen LogP contribution in [-0.2, 0) is 0 Å². The van der Waals surface area contributed by atoms with Gasteiger partial charge in [-0.05, 0) is 98.5 Å². The fourth-order valence-electron chi connectivity index (χ4n) is 7.80. The van der Waals surface area contributed by atoms with Crippen molar-refractivity contribution < 1.29 is 0 Å². The first-order valence-corrected chi connectivity index (χ1v) is 10.5. The summed E-state index contributed by atoms with van der Waals surface area (Å²) in [6.07, 6.45) is 10.4. The number of hydrogen-bond acceptors (Lipinski definition) is 2. The van der Waals surface area contributed by atoms with Gasteiger partial charge in [0.2, 0.25) is 0 Å². The zero-order chi connectivity index (χ0) is 15.8. The van der Waals surface area contributed by atoms with Crippen LogP contribution >= 0.6 is 0 Å². The number of nitrogens with one attached hydrogen (secondary N) is 2. The minimum atomic E-state index is 0.499. The first-order chi connectivity index (χ1) is 11.0. The molecule has 8 unspecified atom stereocenters. The first-order valence-electron chi connectivity index (χ1n) is 10.5. The second-order valence-electron chi connectivity index (χ2n) is 10.6. The molecule has 5 fully saturated rings. The van der Waals surface area contributed by atoms with E-state index in [0.29, 0.717) is 10.8 Å². The molecule has 2 N–H and O–H groups in total. The SMILES string of the molecule is CC1(C)C2CCC1(C)C(C1CC3CCC4CNC1CC3C4)NC2. The van der Waals surface area contributed by atoms with Crippen LogP contribution in [-0.4, -0.2) is 25.2 Å². The third kappa shape index (κ3) is 2.00. The van der Waals surface area contributed by atoms with Gasteiger partial charge in [0.1, 0.15) is 0 Å². The molecule has 0 aromatic rings. The highest BCUT2D eigenvalue weighted by Crippen LogP contribution is 2.62. The van der Waals surface area contributed by atoms with Gasteiger partial charge >= 0.3 is 0 Å². The minimum absolute atomic E-state index is 0.499. The summed E-state index contributed by atoms with van der Waals surface area (Å²) in [7, 11) is 0. The molecule has 2 aliphatic heterocycles. The molecule has 8 atom stereocenters. The van der Waals surface area contributed by atoms with Crippen molar-refractivity contribution in [2.45, 2.75) is 77.8 Å². The van der Waals surface area contributed by atoms with Crippen molar-refractivity contribution in [1.82, 2.24) is 10.6 Å². The molecule has 0 aromatic heterocycles. The predicted octanol–water partition coefficient (Wildman–Crippen LogP) is 3.82. The van der Waals surface area contributed by atoms with Crippen LogP contribution in [0.3, 0.4) is 0 Å². The molecule has 0 radical (unpaired) electrons. The molecule has 0 spiro atoms. The minimum Gasteiger partial charge on any atom is -0.313 e. The van der Waals surface area contributed by atoms with E-state index in [-0.39, 0.29) is 0 Å². The van der Waals surface area contributed by atoms with Crippen molar-refractivity contribution in [2.75, 3.05) is 13.1 Å². The topological polar surface area (TPSA) is 24.1 Å². The Hall–Kier alpha value is -0.0800. The molecule has 2 nitrogen and oxygen atoms in total. The van der Waals surface area contributed by atoms with Gasteiger partial charge in [0.05, 0.1) is 0 Å². The van der Waals surface area contributed by atoms with Gasteiger partial charge in [-0.2, -0.15) is 0 Å². The van der Waals surface area contributed by atoms with E-state index in [1.54, 1.807) is 0 Å². The van der Waals surface area contributed by atoms with Crippen molar-refractivity contribution in [3.8, 4) is 0 Å². The van der Waals surface area contributed by atoms with E-state index in [1.807, 2.05) is 0 Å². The second-order valence-corrected chi connectivity index (χ2v) is 10.6. The molecule has 130 valence electrons. The summed E-state index contributed by atoms with van der Waals surface area (Å²) in [6.45, 7) is 10.4. The van der Waals surface area contributed by atoms with Crippen LogP contribution in [0.4, 0.5) is 0 Å². The predicted molar refractivity (Wildman–Crippen MR) is 95.2 cm³/mol. The lowest BCUT2D eigenvalue weighted by Crippen LogP contribution is -2.63. The Bertz CT molecular complexity index is 486. The van der Waals surface area contributed by atoms with Crippen LogP contribution in [0.25, 0.3) is 0 Å². The number of hydrogen-bond donors (Lipinski definition) is 2. The molecule has 2 heteroatoms. The molecule has 5 aliphatic rings. The smallest absolute Gasteiger partial charge is 0.0169 e. The Kier molecular flexibility index (Phi) is 3.29. The summed E-state index contributed by atoms with van der Waals surface area (Å²) >= 11 is 0. The van der Waals surface area contributed by atoms with Gasteiger partial charge in [-0.15, -0.1) is 0 Å². The van der Waals surface area contributed by atoms with Crippen LogP contribution in [0.1, 0.15) is 65.7 Å². The molecule has 2 heterocycles. The van der Waals surface area contributed by atoms with Crippen molar-refractivity contribution >= 4 is 0 Å². The van der Waals surface area contributed by atoms with Gasteiger partial charge in [0.25, 0.3) is 0 Å². The largest absolute Gasteiger partial charge is 0.313 e. The molecule has 5 rings (SSSR count). The maximum atomic E-state index is 4.09. The Morgan fingerprint density at radius 1 is 0.826 bits per heavy atom. The Balaban J connectivity index is 1.47.